The van der Waals surface area contributed by atoms with E-state index < -0.39 is 0 Å². The van der Waals surface area contributed by atoms with Crippen molar-refractivity contribution >= 4 is 0 Å². The molecule has 4 heteroatoms. The summed E-state index contributed by atoms with van der Waals surface area (Å²) in [6, 6.07) is 2.23. The Bertz CT molecular complexity index is 307. The molecule has 0 amide bonds. The summed E-state index contributed by atoms with van der Waals surface area (Å²) in [5.41, 5.74) is 7.05. The van der Waals surface area contributed by atoms with Crippen LogP contribution < -0.4 is 5.73 Å². The van der Waals surface area contributed by atoms with E-state index in [1.165, 1.54) is 12.8 Å². The van der Waals surface area contributed by atoms with Crippen LogP contribution in [0.25, 0.3) is 0 Å². The number of rotatable bonds is 6. The summed E-state index contributed by atoms with van der Waals surface area (Å²) in [7, 11) is 0. The van der Waals surface area contributed by atoms with Gasteiger partial charge >= 0.3 is 0 Å². The molecule has 96 valence electrons. The first-order valence-electron chi connectivity index (χ1n) is 6.43. The van der Waals surface area contributed by atoms with E-state index in [1.807, 2.05) is 6.07 Å². The first-order chi connectivity index (χ1) is 8.35. The fraction of sp³-hybridized carbons (Fsp3) is 0.692. The Balaban J connectivity index is 1.99. The monoisotopic (exact) mass is 238 g/mol. The molecule has 1 saturated heterocycles. The molecule has 4 nitrogen and oxygen atoms in total. The van der Waals surface area contributed by atoms with Crippen molar-refractivity contribution in [3.05, 3.63) is 24.2 Å². The van der Waals surface area contributed by atoms with Gasteiger partial charge in [-0.3, -0.25) is 4.90 Å². The highest BCUT2D eigenvalue weighted by atomic mass is 16.5. The number of hydrogen-bond donors (Lipinski definition) is 1. The van der Waals surface area contributed by atoms with Crippen LogP contribution in [0.4, 0.5) is 0 Å². The fourth-order valence-electron chi connectivity index (χ4n) is 2.49. The minimum absolute atomic E-state index is 0.239. The molecule has 2 atom stereocenters. The molecule has 0 bridgehead atoms. The summed E-state index contributed by atoms with van der Waals surface area (Å²) in [4.78, 5) is 2.38. The normalized spacial score (nSPS) is 22.2. The number of hydrogen-bond acceptors (Lipinski definition) is 4. The molecule has 1 aromatic heterocycles. The van der Waals surface area contributed by atoms with E-state index in [-0.39, 0.29) is 6.04 Å². The Morgan fingerprint density at radius 3 is 3.00 bits per heavy atom. The van der Waals surface area contributed by atoms with Gasteiger partial charge in [0, 0.05) is 25.3 Å². The van der Waals surface area contributed by atoms with Crippen molar-refractivity contribution in [2.75, 3.05) is 26.2 Å². The third-order valence-electron chi connectivity index (χ3n) is 3.46. The molecule has 2 rings (SSSR count). The SMILES string of the molecule is CCN(CC1CCCO1)C(CN)c1ccoc1. The Labute approximate surface area is 103 Å². The highest BCUT2D eigenvalue weighted by Crippen LogP contribution is 2.22. The number of nitrogens with two attached hydrogens (primary N) is 1. The molecular weight excluding hydrogens is 216 g/mol. The van der Waals surface area contributed by atoms with Crippen LogP contribution in [-0.4, -0.2) is 37.2 Å². The average Bonchev–Trinajstić information content (AvgIpc) is 3.00. The van der Waals surface area contributed by atoms with E-state index in [0.29, 0.717) is 12.6 Å². The lowest BCUT2D eigenvalue weighted by atomic mass is 10.1. The van der Waals surface area contributed by atoms with E-state index in [4.69, 9.17) is 14.9 Å². The fourth-order valence-corrected chi connectivity index (χ4v) is 2.49. The van der Waals surface area contributed by atoms with E-state index in [9.17, 15) is 0 Å². The maximum Gasteiger partial charge on any atom is 0.0950 e. The molecule has 17 heavy (non-hydrogen) atoms. The van der Waals surface area contributed by atoms with E-state index in [0.717, 1.165) is 25.3 Å². The Kier molecular flexibility index (Phi) is 4.59. The number of nitrogens with zero attached hydrogens (tertiary/aromatic N) is 1. The van der Waals surface area contributed by atoms with Gasteiger partial charge < -0.3 is 14.9 Å². The van der Waals surface area contributed by atoms with Crippen molar-refractivity contribution in [1.82, 2.24) is 4.90 Å². The van der Waals surface area contributed by atoms with Gasteiger partial charge in [0.1, 0.15) is 0 Å². The molecule has 2 N–H and O–H groups in total. The molecule has 0 spiro atoms. The third kappa shape index (κ3) is 3.09. The highest BCUT2D eigenvalue weighted by Gasteiger charge is 2.24. The summed E-state index contributed by atoms with van der Waals surface area (Å²) in [5, 5.41) is 0. The zero-order chi connectivity index (χ0) is 12.1. The predicted octanol–water partition coefficient (Wildman–Crippen LogP) is 1.78. The molecule has 1 fully saturated rings. The lowest BCUT2D eigenvalue weighted by Crippen LogP contribution is -2.38. The zero-order valence-corrected chi connectivity index (χ0v) is 10.5. The van der Waals surface area contributed by atoms with Crippen LogP contribution >= 0.6 is 0 Å². The van der Waals surface area contributed by atoms with Gasteiger partial charge in [-0.2, -0.15) is 0 Å². The van der Waals surface area contributed by atoms with Crippen molar-refractivity contribution in [1.29, 1.82) is 0 Å². The first-order valence-corrected chi connectivity index (χ1v) is 6.43. The smallest absolute Gasteiger partial charge is 0.0950 e. The predicted molar refractivity (Wildman–Crippen MR) is 66.7 cm³/mol. The number of furan rings is 1. The van der Waals surface area contributed by atoms with Crippen molar-refractivity contribution < 1.29 is 9.15 Å². The van der Waals surface area contributed by atoms with Gasteiger partial charge in [0.25, 0.3) is 0 Å². The van der Waals surface area contributed by atoms with Gasteiger partial charge in [0.2, 0.25) is 0 Å². The van der Waals surface area contributed by atoms with E-state index in [1.54, 1.807) is 12.5 Å². The molecule has 1 aromatic rings. The molecule has 0 saturated carbocycles. The van der Waals surface area contributed by atoms with Gasteiger partial charge in [-0.25, -0.2) is 0 Å². The highest BCUT2D eigenvalue weighted by molar-refractivity contribution is 5.12. The molecular formula is C13H22N2O2. The summed E-state index contributed by atoms with van der Waals surface area (Å²) >= 11 is 0. The molecule has 0 aliphatic carbocycles. The Morgan fingerprint density at radius 1 is 1.59 bits per heavy atom. The van der Waals surface area contributed by atoms with Gasteiger partial charge in [0.05, 0.1) is 24.7 Å². The second kappa shape index (κ2) is 6.19. The van der Waals surface area contributed by atoms with E-state index >= 15 is 0 Å². The summed E-state index contributed by atoms with van der Waals surface area (Å²) in [6.07, 6.45) is 6.21. The standard InChI is InChI=1S/C13H22N2O2/c1-2-15(9-12-4-3-6-17-12)13(8-14)11-5-7-16-10-11/h5,7,10,12-13H,2-4,6,8-9,14H2,1H3. The van der Waals surface area contributed by atoms with Crippen molar-refractivity contribution in [3.8, 4) is 0 Å². The lowest BCUT2D eigenvalue weighted by Gasteiger charge is -2.31. The largest absolute Gasteiger partial charge is 0.472 e. The van der Waals surface area contributed by atoms with Crippen molar-refractivity contribution in [2.24, 2.45) is 5.73 Å². The quantitative estimate of drug-likeness (QED) is 0.820. The number of ether oxygens (including phenoxy) is 1. The number of likely N-dealkylation sites (N-methyl/N-ethyl adjacent to an activating group) is 1. The first kappa shape index (κ1) is 12.6. The van der Waals surface area contributed by atoms with Crippen LogP contribution in [0.5, 0.6) is 0 Å². The van der Waals surface area contributed by atoms with Crippen molar-refractivity contribution in [2.45, 2.75) is 31.9 Å². The van der Waals surface area contributed by atoms with Gasteiger partial charge in [-0.1, -0.05) is 6.92 Å². The lowest BCUT2D eigenvalue weighted by molar-refractivity contribution is 0.0600. The maximum absolute atomic E-state index is 5.89. The minimum atomic E-state index is 0.239. The Morgan fingerprint density at radius 2 is 2.47 bits per heavy atom. The van der Waals surface area contributed by atoms with Crippen LogP contribution in [0.3, 0.4) is 0 Å². The van der Waals surface area contributed by atoms with Gasteiger partial charge in [0.15, 0.2) is 0 Å². The second-order valence-corrected chi connectivity index (χ2v) is 4.53. The zero-order valence-electron chi connectivity index (χ0n) is 10.5. The van der Waals surface area contributed by atoms with Crippen LogP contribution in [0, 0.1) is 0 Å². The second-order valence-electron chi connectivity index (χ2n) is 4.53. The average molecular weight is 238 g/mol. The van der Waals surface area contributed by atoms with Crippen LogP contribution in [-0.2, 0) is 4.74 Å². The van der Waals surface area contributed by atoms with Gasteiger partial charge in [-0.15, -0.1) is 0 Å². The summed E-state index contributed by atoms with van der Waals surface area (Å²) < 4.78 is 10.8. The van der Waals surface area contributed by atoms with Gasteiger partial charge in [-0.05, 0) is 25.5 Å². The topological polar surface area (TPSA) is 51.6 Å². The summed E-state index contributed by atoms with van der Waals surface area (Å²) in [6.45, 7) is 5.62. The minimum Gasteiger partial charge on any atom is -0.472 e. The van der Waals surface area contributed by atoms with Crippen LogP contribution in [0.2, 0.25) is 0 Å². The molecule has 0 radical (unpaired) electrons. The molecule has 1 aliphatic rings. The maximum atomic E-state index is 5.89. The third-order valence-corrected chi connectivity index (χ3v) is 3.46. The van der Waals surface area contributed by atoms with E-state index in [2.05, 4.69) is 11.8 Å². The van der Waals surface area contributed by atoms with Crippen LogP contribution in [0.1, 0.15) is 31.4 Å². The van der Waals surface area contributed by atoms with Crippen LogP contribution in [0.15, 0.2) is 23.0 Å². The summed E-state index contributed by atoms with van der Waals surface area (Å²) in [5.74, 6) is 0. The Hall–Kier alpha value is -0.840. The van der Waals surface area contributed by atoms with Crippen molar-refractivity contribution in [3.63, 3.8) is 0 Å². The molecule has 1 aliphatic heterocycles. The molecule has 2 heterocycles. The molecule has 2 unspecified atom stereocenters. The molecule has 0 aromatic carbocycles.